The molecule has 1 N–H and O–H groups in total. The fraction of sp³-hybridized carbons (Fsp3) is 0.909. The van der Waals surface area contributed by atoms with Gasteiger partial charge < -0.3 is 14.7 Å². The van der Waals surface area contributed by atoms with Gasteiger partial charge in [0.1, 0.15) is 0 Å². The fourth-order valence-electron chi connectivity index (χ4n) is 2.18. The summed E-state index contributed by atoms with van der Waals surface area (Å²) in [6, 6.07) is 0. The quantitative estimate of drug-likeness (QED) is 0.738. The van der Waals surface area contributed by atoms with Crippen LogP contribution in [0.2, 0.25) is 0 Å². The average molecular weight is 213 g/mol. The van der Waals surface area contributed by atoms with E-state index in [0.29, 0.717) is 25.4 Å². The number of aliphatic hydroxyl groups excluding tert-OH is 1. The minimum atomic E-state index is -0.281. The molecule has 2 saturated heterocycles. The van der Waals surface area contributed by atoms with Gasteiger partial charge in [-0.25, -0.2) is 0 Å². The standard InChI is InChI=1S/C11H19NO3/c13-10-7-12(8-10)11(14)2-1-9-3-5-15-6-4-9/h9-10,13H,1-8H2. The van der Waals surface area contributed by atoms with Gasteiger partial charge in [0.2, 0.25) is 5.91 Å². The van der Waals surface area contributed by atoms with Crippen LogP contribution in [0.1, 0.15) is 25.7 Å². The van der Waals surface area contributed by atoms with Crippen LogP contribution in [-0.2, 0) is 9.53 Å². The lowest BCUT2D eigenvalue weighted by atomic mass is 9.94. The Kier molecular flexibility index (Phi) is 3.59. The summed E-state index contributed by atoms with van der Waals surface area (Å²) >= 11 is 0. The summed E-state index contributed by atoms with van der Waals surface area (Å²) in [6.07, 6.45) is 3.52. The van der Waals surface area contributed by atoms with Crippen molar-refractivity contribution in [3.63, 3.8) is 0 Å². The van der Waals surface area contributed by atoms with Crippen molar-refractivity contribution in [2.75, 3.05) is 26.3 Å². The van der Waals surface area contributed by atoms with Crippen LogP contribution in [0.5, 0.6) is 0 Å². The summed E-state index contributed by atoms with van der Waals surface area (Å²) in [5.74, 6) is 0.862. The third-order valence-electron chi connectivity index (χ3n) is 3.32. The van der Waals surface area contributed by atoms with Crippen molar-refractivity contribution in [3.05, 3.63) is 0 Å². The Balaban J connectivity index is 1.62. The zero-order valence-electron chi connectivity index (χ0n) is 9.02. The maximum atomic E-state index is 11.6. The van der Waals surface area contributed by atoms with Gasteiger partial charge in [0.05, 0.1) is 6.10 Å². The molecule has 2 heterocycles. The van der Waals surface area contributed by atoms with Crippen LogP contribution >= 0.6 is 0 Å². The molecule has 0 unspecified atom stereocenters. The van der Waals surface area contributed by atoms with Gasteiger partial charge in [-0.05, 0) is 25.2 Å². The number of carbonyl (C=O) groups excluding carboxylic acids is 1. The molecular weight excluding hydrogens is 194 g/mol. The third kappa shape index (κ3) is 2.92. The largest absolute Gasteiger partial charge is 0.389 e. The van der Waals surface area contributed by atoms with E-state index in [1.165, 1.54) is 0 Å². The number of aliphatic hydroxyl groups is 1. The van der Waals surface area contributed by atoms with Crippen LogP contribution in [0.3, 0.4) is 0 Å². The van der Waals surface area contributed by atoms with Crippen molar-refractivity contribution in [1.82, 2.24) is 4.90 Å². The molecule has 2 aliphatic heterocycles. The lowest BCUT2D eigenvalue weighted by Crippen LogP contribution is -2.53. The number of likely N-dealkylation sites (tertiary alicyclic amines) is 1. The summed E-state index contributed by atoms with van der Waals surface area (Å²) in [5.41, 5.74) is 0. The molecule has 15 heavy (non-hydrogen) atoms. The maximum absolute atomic E-state index is 11.6. The molecule has 0 spiro atoms. The van der Waals surface area contributed by atoms with E-state index < -0.39 is 0 Å². The Hall–Kier alpha value is -0.610. The molecule has 0 aromatic rings. The molecule has 1 amide bonds. The SMILES string of the molecule is O=C(CCC1CCOCC1)N1CC(O)C1. The molecule has 0 radical (unpaired) electrons. The summed E-state index contributed by atoms with van der Waals surface area (Å²) in [4.78, 5) is 13.3. The van der Waals surface area contributed by atoms with Crippen LogP contribution in [-0.4, -0.2) is 48.3 Å². The highest BCUT2D eigenvalue weighted by Gasteiger charge is 2.28. The fourth-order valence-corrected chi connectivity index (χ4v) is 2.18. The third-order valence-corrected chi connectivity index (χ3v) is 3.32. The minimum Gasteiger partial charge on any atom is -0.389 e. The second-order valence-corrected chi connectivity index (χ2v) is 4.55. The molecule has 4 nitrogen and oxygen atoms in total. The van der Waals surface area contributed by atoms with Crippen LogP contribution in [0.15, 0.2) is 0 Å². The summed E-state index contributed by atoms with van der Waals surface area (Å²) in [6.45, 7) is 2.77. The van der Waals surface area contributed by atoms with E-state index in [0.717, 1.165) is 32.5 Å². The van der Waals surface area contributed by atoms with Crippen molar-refractivity contribution in [1.29, 1.82) is 0 Å². The number of rotatable bonds is 3. The van der Waals surface area contributed by atoms with E-state index in [1.54, 1.807) is 4.90 Å². The number of amides is 1. The molecule has 0 bridgehead atoms. The number of nitrogens with zero attached hydrogens (tertiary/aromatic N) is 1. The first-order chi connectivity index (χ1) is 7.25. The smallest absolute Gasteiger partial charge is 0.222 e. The molecule has 2 fully saturated rings. The number of β-amino-alcohol motifs (C(OH)–C–C–N with tert-alkyl or cyclic N) is 1. The number of hydrogen-bond acceptors (Lipinski definition) is 3. The van der Waals surface area contributed by atoms with Crippen molar-refractivity contribution >= 4 is 5.91 Å². The Morgan fingerprint density at radius 2 is 2.00 bits per heavy atom. The van der Waals surface area contributed by atoms with Gasteiger partial charge in [-0.2, -0.15) is 0 Å². The predicted octanol–water partition coefficient (Wildman–Crippen LogP) is 0.396. The van der Waals surface area contributed by atoms with Gasteiger partial charge >= 0.3 is 0 Å². The average Bonchev–Trinajstić information content (AvgIpc) is 2.23. The van der Waals surface area contributed by atoms with Gasteiger partial charge in [-0.3, -0.25) is 4.79 Å². The Bertz CT molecular complexity index is 220. The molecule has 4 heteroatoms. The van der Waals surface area contributed by atoms with Gasteiger partial charge in [-0.1, -0.05) is 0 Å². The Labute approximate surface area is 90.2 Å². The van der Waals surface area contributed by atoms with E-state index in [1.807, 2.05) is 0 Å². The molecule has 86 valence electrons. The zero-order chi connectivity index (χ0) is 10.7. The molecule has 0 atom stereocenters. The van der Waals surface area contributed by atoms with E-state index in [-0.39, 0.29) is 12.0 Å². The first-order valence-corrected chi connectivity index (χ1v) is 5.79. The minimum absolute atomic E-state index is 0.201. The summed E-state index contributed by atoms with van der Waals surface area (Å²) < 4.78 is 5.27. The predicted molar refractivity (Wildman–Crippen MR) is 55.4 cm³/mol. The summed E-state index contributed by atoms with van der Waals surface area (Å²) in [5, 5.41) is 9.07. The lowest BCUT2D eigenvalue weighted by Gasteiger charge is -2.36. The molecule has 0 saturated carbocycles. The van der Waals surface area contributed by atoms with Gasteiger partial charge in [0.25, 0.3) is 0 Å². The number of carbonyl (C=O) groups is 1. The molecule has 0 aromatic carbocycles. The van der Waals surface area contributed by atoms with E-state index in [4.69, 9.17) is 9.84 Å². The van der Waals surface area contributed by atoms with Crippen molar-refractivity contribution in [3.8, 4) is 0 Å². The Morgan fingerprint density at radius 3 is 2.60 bits per heavy atom. The highest BCUT2D eigenvalue weighted by Crippen LogP contribution is 2.21. The number of hydrogen-bond donors (Lipinski definition) is 1. The second-order valence-electron chi connectivity index (χ2n) is 4.55. The second kappa shape index (κ2) is 4.94. The first kappa shape index (κ1) is 10.9. The summed E-state index contributed by atoms with van der Waals surface area (Å²) in [7, 11) is 0. The van der Waals surface area contributed by atoms with Crippen LogP contribution in [0, 0.1) is 5.92 Å². The van der Waals surface area contributed by atoms with E-state index in [9.17, 15) is 4.79 Å². The zero-order valence-corrected chi connectivity index (χ0v) is 9.02. The van der Waals surface area contributed by atoms with E-state index >= 15 is 0 Å². The molecule has 0 aromatic heterocycles. The molecule has 0 aliphatic carbocycles. The molecule has 2 rings (SSSR count). The molecule has 2 aliphatic rings. The highest BCUT2D eigenvalue weighted by atomic mass is 16.5. The van der Waals surface area contributed by atoms with Crippen LogP contribution in [0.25, 0.3) is 0 Å². The van der Waals surface area contributed by atoms with E-state index in [2.05, 4.69) is 0 Å². The topological polar surface area (TPSA) is 49.8 Å². The molecular formula is C11H19NO3. The van der Waals surface area contributed by atoms with Gasteiger partial charge in [-0.15, -0.1) is 0 Å². The number of ether oxygens (including phenoxy) is 1. The monoisotopic (exact) mass is 213 g/mol. The van der Waals surface area contributed by atoms with Crippen molar-refractivity contribution in [2.45, 2.75) is 31.8 Å². The highest BCUT2D eigenvalue weighted by molar-refractivity contribution is 5.77. The Morgan fingerprint density at radius 1 is 1.33 bits per heavy atom. The van der Waals surface area contributed by atoms with Crippen LogP contribution < -0.4 is 0 Å². The maximum Gasteiger partial charge on any atom is 0.222 e. The van der Waals surface area contributed by atoms with Gasteiger partial charge in [0.15, 0.2) is 0 Å². The van der Waals surface area contributed by atoms with Gasteiger partial charge in [0, 0.05) is 32.7 Å². The van der Waals surface area contributed by atoms with Crippen LogP contribution in [0.4, 0.5) is 0 Å². The first-order valence-electron chi connectivity index (χ1n) is 5.79. The van der Waals surface area contributed by atoms with Crippen molar-refractivity contribution < 1.29 is 14.6 Å². The lowest BCUT2D eigenvalue weighted by molar-refractivity contribution is -0.141. The normalized spacial score (nSPS) is 23.9. The van der Waals surface area contributed by atoms with Crippen molar-refractivity contribution in [2.24, 2.45) is 5.92 Å².